The van der Waals surface area contributed by atoms with Crippen molar-refractivity contribution in [2.75, 3.05) is 47.3 Å². The summed E-state index contributed by atoms with van der Waals surface area (Å²) in [5, 5.41) is 24.1. The maximum atomic E-state index is 10.1. The lowest BCUT2D eigenvalue weighted by atomic mass is 9.70. The molecule has 10 aromatic carbocycles. The van der Waals surface area contributed by atoms with Gasteiger partial charge < -0.3 is 18.6 Å². The molecule has 0 saturated carbocycles. The van der Waals surface area contributed by atoms with Crippen molar-refractivity contribution < 1.29 is 8.83 Å². The van der Waals surface area contributed by atoms with E-state index in [2.05, 4.69) is 229 Å². The first-order chi connectivity index (χ1) is 37.4. The van der Waals surface area contributed by atoms with Crippen LogP contribution in [0.4, 0.5) is 34.1 Å². The van der Waals surface area contributed by atoms with Crippen molar-refractivity contribution in [1.82, 2.24) is 0 Å². The summed E-state index contributed by atoms with van der Waals surface area (Å²) >= 11 is 0. The molecule has 2 heterocycles. The van der Waals surface area contributed by atoms with Gasteiger partial charge in [-0.3, -0.25) is 0 Å². The van der Waals surface area contributed by atoms with E-state index in [1.54, 1.807) is 0 Å². The molecule has 0 N–H and O–H groups in total. The van der Waals surface area contributed by atoms with Gasteiger partial charge in [-0.15, -0.1) is 0 Å². The standard InChI is InChI=1S/C69H52N4O2S2/c1-76(2,3)49-35-31-47(32-36-49)72(45-27-23-43(41-70)24-28-45)59-39-57-65(67-63(59)53-17-9-13-21-61(53)74-67)66-58(69(57)55-19-11-7-15-51(55)52-16-8-12-20-56(52)69)40-60(64-54-18-10-14-22-62(54)75-68(64)66)73(46-29-25-44(42-71)26-30-46)48-33-37-50(38-34-48)77(4,5)6/h7-40H,1-6H3. The van der Waals surface area contributed by atoms with E-state index in [1.807, 2.05) is 36.4 Å². The Kier molecular flexibility index (Phi) is 10.3. The normalized spacial score (nSPS) is 13.6. The van der Waals surface area contributed by atoms with E-state index in [1.165, 1.54) is 32.0 Å². The molecule has 0 atom stereocenters. The number of fused-ring (bicyclic) bond motifs is 18. The van der Waals surface area contributed by atoms with Crippen molar-refractivity contribution in [3.05, 3.63) is 240 Å². The minimum Gasteiger partial charge on any atom is -0.455 e. The van der Waals surface area contributed by atoms with Gasteiger partial charge in [0.15, 0.2) is 0 Å². The van der Waals surface area contributed by atoms with Gasteiger partial charge >= 0.3 is 0 Å². The quantitative estimate of drug-likeness (QED) is 0.151. The molecule has 8 heteroatoms. The fourth-order valence-electron chi connectivity index (χ4n) is 12.4. The second-order valence-corrected chi connectivity index (χ2v) is 30.0. The summed E-state index contributed by atoms with van der Waals surface area (Å²) in [6, 6.07) is 78.2. The lowest BCUT2D eigenvalue weighted by molar-refractivity contribution is 0.665. The van der Waals surface area contributed by atoms with Crippen LogP contribution in [0.2, 0.25) is 0 Å². The number of rotatable bonds is 8. The average molecular weight is 1030 g/mol. The molecule has 0 saturated heterocycles. The zero-order valence-corrected chi connectivity index (χ0v) is 45.2. The Balaban J connectivity index is 1.17. The van der Waals surface area contributed by atoms with Gasteiger partial charge in [0.05, 0.1) is 50.8 Å². The summed E-state index contributed by atoms with van der Waals surface area (Å²) in [5.41, 5.74) is 18.0. The Morgan fingerprint density at radius 1 is 0.390 bits per heavy atom. The Hall–Kier alpha value is -8.92. The number of hydrogen-bond donors (Lipinski definition) is 0. The van der Waals surface area contributed by atoms with Crippen LogP contribution in [-0.2, 0) is 5.41 Å². The molecule has 0 bridgehead atoms. The summed E-state index contributed by atoms with van der Waals surface area (Å²) in [5.74, 6) is 0. The number of benzene rings is 10. The van der Waals surface area contributed by atoms with Crippen molar-refractivity contribution in [1.29, 1.82) is 10.5 Å². The van der Waals surface area contributed by atoms with Crippen molar-refractivity contribution in [3.8, 4) is 34.4 Å². The smallest absolute Gasteiger partial charge is 0.145 e. The van der Waals surface area contributed by atoms with Gasteiger partial charge in [-0.05, 0) is 202 Å². The Bertz CT molecular complexity index is 4200. The summed E-state index contributed by atoms with van der Waals surface area (Å²) in [7, 11) is -2.05. The monoisotopic (exact) mass is 1030 g/mol. The highest BCUT2D eigenvalue weighted by Crippen LogP contribution is 2.68. The molecule has 0 fully saturated rings. The zero-order valence-electron chi connectivity index (χ0n) is 43.6. The third-order valence-corrected chi connectivity index (χ3v) is 19.2. The van der Waals surface area contributed by atoms with E-state index in [-0.39, 0.29) is 0 Å². The molecule has 1 spiro atoms. The summed E-state index contributed by atoms with van der Waals surface area (Å²) in [6.07, 6.45) is 14.0. The van der Waals surface area contributed by atoms with Gasteiger partial charge in [-0.25, -0.2) is 20.1 Å². The highest BCUT2D eigenvalue weighted by Gasteiger charge is 2.55. The fourth-order valence-corrected chi connectivity index (χ4v) is 14.3. The predicted octanol–water partition coefficient (Wildman–Crippen LogP) is 18.6. The molecule has 2 aromatic heterocycles. The summed E-state index contributed by atoms with van der Waals surface area (Å²) in [4.78, 5) is 7.34. The molecule has 2 aliphatic carbocycles. The van der Waals surface area contributed by atoms with Gasteiger partial charge in [0.2, 0.25) is 0 Å². The average Bonchev–Trinajstić information content (AvgIpc) is 4.27. The van der Waals surface area contributed by atoms with Crippen LogP contribution in [0.1, 0.15) is 33.4 Å². The van der Waals surface area contributed by atoms with Crippen LogP contribution in [0, 0.1) is 22.7 Å². The number of furan rings is 2. The molecule has 0 aliphatic heterocycles. The first kappa shape index (κ1) is 46.6. The van der Waals surface area contributed by atoms with E-state index in [0.717, 1.165) is 100 Å². The van der Waals surface area contributed by atoms with Crippen LogP contribution in [0.15, 0.2) is 225 Å². The Morgan fingerprint density at radius 2 is 0.727 bits per heavy atom. The van der Waals surface area contributed by atoms with Crippen molar-refractivity contribution in [2.45, 2.75) is 15.2 Å². The summed E-state index contributed by atoms with van der Waals surface area (Å²) in [6.45, 7) is 0. The van der Waals surface area contributed by atoms with Crippen molar-refractivity contribution in [3.63, 3.8) is 0 Å². The van der Waals surface area contributed by atoms with Gasteiger partial charge in [-0.1, -0.05) is 84.9 Å². The highest BCUT2D eigenvalue weighted by molar-refractivity contribution is 8.32. The van der Waals surface area contributed by atoms with Crippen LogP contribution >= 0.6 is 20.1 Å². The third kappa shape index (κ3) is 6.89. The molecular weight excluding hydrogens is 981 g/mol. The first-order valence-corrected chi connectivity index (χ1v) is 31.4. The highest BCUT2D eigenvalue weighted by atomic mass is 32.3. The van der Waals surface area contributed by atoms with Crippen LogP contribution in [0.25, 0.3) is 66.1 Å². The molecule has 0 radical (unpaired) electrons. The second-order valence-electron chi connectivity index (χ2n) is 21.7. The number of anilines is 6. The fraction of sp³-hybridized carbons (Fsp3) is 0.101. The first-order valence-electron chi connectivity index (χ1n) is 25.7. The zero-order chi connectivity index (χ0) is 52.5. The van der Waals surface area contributed by atoms with Crippen LogP contribution in [0.3, 0.4) is 0 Å². The van der Waals surface area contributed by atoms with E-state index < -0.39 is 25.5 Å². The number of nitrogens with zero attached hydrogens (tertiary/aromatic N) is 4. The maximum Gasteiger partial charge on any atom is 0.145 e. The molecule has 0 unspecified atom stereocenters. The Morgan fingerprint density at radius 3 is 1.09 bits per heavy atom. The van der Waals surface area contributed by atoms with Crippen LogP contribution in [0.5, 0.6) is 0 Å². The molecular formula is C69H52N4O2S2. The second kappa shape index (κ2) is 17.0. The molecule has 77 heavy (non-hydrogen) atoms. The Labute approximate surface area is 451 Å². The molecule has 372 valence electrons. The third-order valence-electron chi connectivity index (χ3n) is 15.9. The number of hydrogen-bond acceptors (Lipinski definition) is 6. The van der Waals surface area contributed by atoms with E-state index in [9.17, 15) is 10.5 Å². The topological polar surface area (TPSA) is 80.3 Å². The minimum absolute atomic E-state index is 0.591. The molecule has 6 nitrogen and oxygen atoms in total. The van der Waals surface area contributed by atoms with E-state index in [0.29, 0.717) is 11.1 Å². The maximum absolute atomic E-state index is 10.1. The minimum atomic E-state index is -1.03. The van der Waals surface area contributed by atoms with Gasteiger partial charge in [0.25, 0.3) is 0 Å². The van der Waals surface area contributed by atoms with Crippen LogP contribution in [-0.4, -0.2) is 37.5 Å². The molecule has 2 aliphatic rings. The SMILES string of the molecule is CS(C)(C)c1ccc(N(c2ccc(C#N)cc2)c2cc3c(c4oc5ccccc5c24)-c2c(cc(N(c4ccc(C#N)cc4)c4ccc(S(C)(C)C)cc4)c4c2oc2ccccc24)C32c3ccccc3-c3ccccc32)cc1. The number of nitriles is 2. The predicted molar refractivity (Wildman–Crippen MR) is 323 cm³/mol. The van der Waals surface area contributed by atoms with Crippen LogP contribution < -0.4 is 9.80 Å². The van der Waals surface area contributed by atoms with Crippen molar-refractivity contribution >= 4 is 98.1 Å². The molecule has 14 rings (SSSR count). The van der Waals surface area contributed by atoms with Gasteiger partial charge in [-0.2, -0.15) is 10.5 Å². The lowest BCUT2D eigenvalue weighted by Gasteiger charge is -2.34. The molecule has 0 amide bonds. The largest absolute Gasteiger partial charge is 0.455 e. The van der Waals surface area contributed by atoms with E-state index in [4.69, 9.17) is 8.83 Å². The lowest BCUT2D eigenvalue weighted by Crippen LogP contribution is -2.26. The van der Waals surface area contributed by atoms with Gasteiger partial charge in [0.1, 0.15) is 22.3 Å². The van der Waals surface area contributed by atoms with E-state index >= 15 is 0 Å². The van der Waals surface area contributed by atoms with Gasteiger partial charge in [0, 0.05) is 44.6 Å². The molecule has 12 aromatic rings. The van der Waals surface area contributed by atoms with Crippen molar-refractivity contribution in [2.24, 2.45) is 0 Å². The summed E-state index contributed by atoms with van der Waals surface area (Å²) < 4.78 is 14.9. The number of para-hydroxylation sites is 2.